The van der Waals surface area contributed by atoms with Crippen LogP contribution in [0.1, 0.15) is 47.5 Å². The van der Waals surface area contributed by atoms with Gasteiger partial charge in [-0.15, -0.1) is 0 Å². The van der Waals surface area contributed by atoms with E-state index in [1.54, 1.807) is 0 Å². The van der Waals surface area contributed by atoms with Gasteiger partial charge < -0.3 is 10.1 Å². The monoisotopic (exact) mass is 229 g/mol. The fourth-order valence-corrected chi connectivity index (χ4v) is 1.69. The van der Waals surface area contributed by atoms with Gasteiger partial charge in [-0.1, -0.05) is 34.6 Å². The quantitative estimate of drug-likeness (QED) is 0.580. The molecule has 0 heterocycles. The third-order valence-electron chi connectivity index (χ3n) is 2.86. The van der Waals surface area contributed by atoms with Gasteiger partial charge in [-0.25, -0.2) is 0 Å². The van der Waals surface area contributed by atoms with Crippen LogP contribution in [0.5, 0.6) is 0 Å². The van der Waals surface area contributed by atoms with Crippen LogP contribution in [0.2, 0.25) is 0 Å². The van der Waals surface area contributed by atoms with Crippen molar-refractivity contribution < 1.29 is 4.74 Å². The number of nitrogens with one attached hydrogen (secondary N) is 1. The third-order valence-corrected chi connectivity index (χ3v) is 2.86. The molecule has 0 rings (SSSR count). The van der Waals surface area contributed by atoms with Gasteiger partial charge in [-0.05, 0) is 43.7 Å². The van der Waals surface area contributed by atoms with Gasteiger partial charge >= 0.3 is 0 Å². The second-order valence-electron chi connectivity index (χ2n) is 5.47. The lowest BCUT2D eigenvalue weighted by molar-refractivity contribution is 0.0921. The predicted octanol–water partition coefficient (Wildman–Crippen LogP) is 3.32. The molecule has 0 saturated carbocycles. The van der Waals surface area contributed by atoms with Gasteiger partial charge in [0.25, 0.3) is 0 Å². The minimum Gasteiger partial charge on any atom is -0.381 e. The minimum atomic E-state index is 0.649. The van der Waals surface area contributed by atoms with Gasteiger partial charge in [0.15, 0.2) is 0 Å². The molecule has 16 heavy (non-hydrogen) atoms. The van der Waals surface area contributed by atoms with Crippen molar-refractivity contribution in [2.75, 3.05) is 26.3 Å². The summed E-state index contributed by atoms with van der Waals surface area (Å²) >= 11 is 0. The third kappa shape index (κ3) is 9.17. The first-order chi connectivity index (χ1) is 7.57. The molecular weight excluding hydrogens is 198 g/mol. The first-order valence-electron chi connectivity index (χ1n) is 6.86. The minimum absolute atomic E-state index is 0.649. The first-order valence-corrected chi connectivity index (χ1v) is 6.86. The van der Waals surface area contributed by atoms with E-state index in [0.29, 0.717) is 5.92 Å². The van der Waals surface area contributed by atoms with E-state index in [9.17, 15) is 0 Å². The Hall–Kier alpha value is -0.0800. The summed E-state index contributed by atoms with van der Waals surface area (Å²) < 4.78 is 5.65. The lowest BCUT2D eigenvalue weighted by atomic mass is 9.93. The Bertz CT molecular complexity index is 146. The van der Waals surface area contributed by atoms with Crippen LogP contribution in [-0.4, -0.2) is 26.3 Å². The van der Waals surface area contributed by atoms with E-state index in [1.165, 1.54) is 12.8 Å². The molecule has 0 aliphatic rings. The largest absolute Gasteiger partial charge is 0.381 e. The van der Waals surface area contributed by atoms with Crippen molar-refractivity contribution in [1.82, 2.24) is 5.32 Å². The SMILES string of the molecule is CCCNCC(CCOCC(C)C)C(C)C. The van der Waals surface area contributed by atoms with Crippen LogP contribution >= 0.6 is 0 Å². The Morgan fingerprint density at radius 2 is 1.81 bits per heavy atom. The van der Waals surface area contributed by atoms with E-state index in [0.717, 1.165) is 38.1 Å². The molecule has 0 aromatic carbocycles. The molecule has 1 atom stereocenters. The first kappa shape index (κ1) is 15.9. The Morgan fingerprint density at radius 3 is 2.31 bits per heavy atom. The predicted molar refractivity (Wildman–Crippen MR) is 71.8 cm³/mol. The maximum absolute atomic E-state index is 5.65. The Morgan fingerprint density at radius 1 is 1.12 bits per heavy atom. The highest BCUT2D eigenvalue weighted by atomic mass is 16.5. The molecule has 0 saturated heterocycles. The molecular formula is C14H31NO. The summed E-state index contributed by atoms with van der Waals surface area (Å²) in [4.78, 5) is 0. The molecule has 0 aliphatic heterocycles. The van der Waals surface area contributed by atoms with Gasteiger partial charge in [0.1, 0.15) is 0 Å². The topological polar surface area (TPSA) is 21.3 Å². The summed E-state index contributed by atoms with van der Waals surface area (Å²) in [6, 6.07) is 0. The smallest absolute Gasteiger partial charge is 0.0488 e. The number of ether oxygens (including phenoxy) is 1. The lowest BCUT2D eigenvalue weighted by Crippen LogP contribution is -2.28. The molecule has 2 nitrogen and oxygen atoms in total. The van der Waals surface area contributed by atoms with Crippen molar-refractivity contribution in [3.63, 3.8) is 0 Å². The van der Waals surface area contributed by atoms with Gasteiger partial charge in [0.2, 0.25) is 0 Å². The van der Waals surface area contributed by atoms with E-state index in [2.05, 4.69) is 39.9 Å². The van der Waals surface area contributed by atoms with Crippen molar-refractivity contribution in [3.8, 4) is 0 Å². The molecule has 0 bridgehead atoms. The van der Waals surface area contributed by atoms with Crippen molar-refractivity contribution in [2.24, 2.45) is 17.8 Å². The highest BCUT2D eigenvalue weighted by Gasteiger charge is 2.12. The number of rotatable bonds is 10. The fourth-order valence-electron chi connectivity index (χ4n) is 1.69. The summed E-state index contributed by atoms with van der Waals surface area (Å²) in [6.45, 7) is 15.3. The average Bonchev–Trinajstić information content (AvgIpc) is 2.21. The number of hydrogen-bond acceptors (Lipinski definition) is 2. The molecule has 1 unspecified atom stereocenters. The fraction of sp³-hybridized carbons (Fsp3) is 1.00. The molecule has 0 aliphatic carbocycles. The van der Waals surface area contributed by atoms with Crippen LogP contribution < -0.4 is 5.32 Å². The summed E-state index contributed by atoms with van der Waals surface area (Å²) in [5.41, 5.74) is 0. The van der Waals surface area contributed by atoms with Crippen molar-refractivity contribution >= 4 is 0 Å². The van der Waals surface area contributed by atoms with Crippen molar-refractivity contribution in [1.29, 1.82) is 0 Å². The van der Waals surface area contributed by atoms with Crippen molar-refractivity contribution in [2.45, 2.75) is 47.5 Å². The number of hydrogen-bond donors (Lipinski definition) is 1. The lowest BCUT2D eigenvalue weighted by Gasteiger charge is -2.21. The van der Waals surface area contributed by atoms with Crippen LogP contribution in [0.25, 0.3) is 0 Å². The summed E-state index contributed by atoms with van der Waals surface area (Å²) in [6.07, 6.45) is 2.40. The van der Waals surface area contributed by atoms with E-state index in [1.807, 2.05) is 0 Å². The zero-order valence-corrected chi connectivity index (χ0v) is 11.9. The van der Waals surface area contributed by atoms with Crippen molar-refractivity contribution in [3.05, 3.63) is 0 Å². The van der Waals surface area contributed by atoms with Gasteiger partial charge in [0.05, 0.1) is 0 Å². The highest BCUT2D eigenvalue weighted by molar-refractivity contribution is 4.66. The molecule has 0 radical (unpaired) electrons. The normalized spacial score (nSPS) is 13.7. The van der Waals surface area contributed by atoms with Gasteiger partial charge in [0, 0.05) is 13.2 Å². The highest BCUT2D eigenvalue weighted by Crippen LogP contribution is 2.14. The zero-order valence-electron chi connectivity index (χ0n) is 11.9. The molecule has 0 fully saturated rings. The zero-order chi connectivity index (χ0) is 12.4. The van der Waals surface area contributed by atoms with E-state index in [4.69, 9.17) is 4.74 Å². The second kappa shape index (κ2) is 10.1. The maximum Gasteiger partial charge on any atom is 0.0488 e. The molecule has 0 amide bonds. The maximum atomic E-state index is 5.65. The van der Waals surface area contributed by atoms with Gasteiger partial charge in [-0.3, -0.25) is 0 Å². The molecule has 0 aromatic rings. The second-order valence-corrected chi connectivity index (χ2v) is 5.47. The Labute approximate surface area is 102 Å². The average molecular weight is 229 g/mol. The Kier molecular flexibility index (Phi) is 10.0. The van der Waals surface area contributed by atoms with Crippen LogP contribution in [0, 0.1) is 17.8 Å². The molecule has 0 spiro atoms. The summed E-state index contributed by atoms with van der Waals surface area (Å²) in [5, 5.41) is 3.51. The molecule has 2 heteroatoms. The van der Waals surface area contributed by atoms with Crippen LogP contribution in [0.4, 0.5) is 0 Å². The summed E-state index contributed by atoms with van der Waals surface area (Å²) in [7, 11) is 0. The molecule has 98 valence electrons. The van der Waals surface area contributed by atoms with Crippen LogP contribution in [0.15, 0.2) is 0 Å². The summed E-state index contributed by atoms with van der Waals surface area (Å²) in [5.74, 6) is 2.14. The van der Waals surface area contributed by atoms with E-state index < -0.39 is 0 Å². The van der Waals surface area contributed by atoms with Crippen LogP contribution in [-0.2, 0) is 4.74 Å². The molecule has 1 N–H and O–H groups in total. The van der Waals surface area contributed by atoms with Gasteiger partial charge in [-0.2, -0.15) is 0 Å². The molecule has 0 aromatic heterocycles. The Balaban J connectivity index is 3.60. The van der Waals surface area contributed by atoms with Crippen LogP contribution in [0.3, 0.4) is 0 Å². The standard InChI is InChI=1S/C14H31NO/c1-6-8-15-10-14(13(4)5)7-9-16-11-12(2)3/h12-15H,6-11H2,1-5H3. The van der Waals surface area contributed by atoms with E-state index in [-0.39, 0.29) is 0 Å². The van der Waals surface area contributed by atoms with E-state index >= 15 is 0 Å².